The predicted molar refractivity (Wildman–Crippen MR) is 102 cm³/mol. The van der Waals surface area contributed by atoms with Gasteiger partial charge in [0.25, 0.3) is 5.91 Å². The van der Waals surface area contributed by atoms with E-state index in [1.807, 2.05) is 39.0 Å². The van der Waals surface area contributed by atoms with Gasteiger partial charge in [-0.2, -0.15) is 0 Å². The summed E-state index contributed by atoms with van der Waals surface area (Å²) in [6.45, 7) is 7.56. The average molecular weight is 375 g/mol. The molecule has 140 valence electrons. The van der Waals surface area contributed by atoms with Crippen molar-refractivity contribution >= 4 is 15.7 Å². The highest BCUT2D eigenvalue weighted by Crippen LogP contribution is 2.19. The van der Waals surface area contributed by atoms with Gasteiger partial charge in [0.2, 0.25) is 0 Å². The number of hydrogen-bond donors (Lipinski definition) is 1. The summed E-state index contributed by atoms with van der Waals surface area (Å²) in [6, 6.07) is 12.0. The Hall–Kier alpha value is -2.34. The highest BCUT2D eigenvalue weighted by Gasteiger charge is 2.18. The fraction of sp³-hybridized carbons (Fsp3) is 0.350. The molecule has 1 amide bonds. The van der Waals surface area contributed by atoms with Gasteiger partial charge >= 0.3 is 0 Å². The molecule has 0 spiro atoms. The van der Waals surface area contributed by atoms with E-state index >= 15 is 0 Å². The molecule has 2 rings (SSSR count). The minimum absolute atomic E-state index is 0.233. The molecule has 1 N–H and O–H groups in total. The number of amides is 1. The Kier molecular flexibility index (Phi) is 6.08. The quantitative estimate of drug-likeness (QED) is 0.840. The molecule has 0 aliphatic rings. The van der Waals surface area contributed by atoms with Crippen LogP contribution in [0.2, 0.25) is 0 Å². The molecule has 2 aromatic rings. The van der Waals surface area contributed by atoms with Gasteiger partial charge in [-0.15, -0.1) is 0 Å². The van der Waals surface area contributed by atoms with E-state index in [4.69, 9.17) is 4.74 Å². The summed E-state index contributed by atoms with van der Waals surface area (Å²) in [5.74, 6) is 0.420. The molecule has 0 bridgehead atoms. The normalized spacial score (nSPS) is 13.7. The summed E-state index contributed by atoms with van der Waals surface area (Å²) >= 11 is 0. The molecule has 2 aromatic carbocycles. The van der Waals surface area contributed by atoms with Crippen LogP contribution in [0.15, 0.2) is 47.4 Å². The van der Waals surface area contributed by atoms with Crippen molar-refractivity contribution in [3.63, 3.8) is 0 Å². The van der Waals surface area contributed by atoms with Crippen molar-refractivity contribution in [1.29, 1.82) is 0 Å². The number of rotatable bonds is 6. The van der Waals surface area contributed by atoms with Gasteiger partial charge in [-0.1, -0.05) is 18.2 Å². The molecule has 0 aliphatic carbocycles. The van der Waals surface area contributed by atoms with Gasteiger partial charge in [0.05, 0.1) is 10.9 Å². The molecule has 0 radical (unpaired) electrons. The number of aryl methyl sites for hydroxylation is 2. The summed E-state index contributed by atoms with van der Waals surface area (Å²) in [5, 5.41) is 2.89. The Morgan fingerprint density at radius 1 is 1.00 bits per heavy atom. The van der Waals surface area contributed by atoms with Crippen LogP contribution in [0.5, 0.6) is 5.75 Å². The molecule has 0 saturated heterocycles. The Bertz CT molecular complexity index is 889. The molecule has 0 aliphatic heterocycles. The van der Waals surface area contributed by atoms with E-state index in [-0.39, 0.29) is 16.8 Å². The zero-order chi connectivity index (χ0) is 19.5. The van der Waals surface area contributed by atoms with Gasteiger partial charge in [0.1, 0.15) is 5.75 Å². The Morgan fingerprint density at radius 2 is 1.62 bits per heavy atom. The van der Waals surface area contributed by atoms with Crippen LogP contribution in [-0.2, 0) is 14.6 Å². The second kappa shape index (κ2) is 7.91. The monoisotopic (exact) mass is 375 g/mol. The topological polar surface area (TPSA) is 72.5 Å². The van der Waals surface area contributed by atoms with E-state index in [2.05, 4.69) is 5.32 Å². The average Bonchev–Trinajstić information content (AvgIpc) is 2.57. The van der Waals surface area contributed by atoms with Crippen LogP contribution >= 0.6 is 0 Å². The number of hydrogen-bond acceptors (Lipinski definition) is 4. The summed E-state index contributed by atoms with van der Waals surface area (Å²) in [5.41, 5.74) is 3.10. The SMILES string of the molecule is Cc1ccc(O[C@H](C)C(=O)N[C@@H](C)c2ccc(S(C)(=O)=O)cc2)cc1C. The highest BCUT2D eigenvalue weighted by molar-refractivity contribution is 7.90. The first kappa shape index (κ1) is 20.0. The summed E-state index contributed by atoms with van der Waals surface area (Å²) in [4.78, 5) is 12.6. The molecule has 6 heteroatoms. The molecule has 0 heterocycles. The standard InChI is InChI=1S/C20H25NO4S/c1-13-6-9-18(12-14(13)2)25-16(4)20(22)21-15(3)17-7-10-19(11-8-17)26(5,23)24/h6-12,15-16H,1-5H3,(H,21,22)/t15-,16+/m0/s1. The van der Waals surface area contributed by atoms with Crippen molar-refractivity contribution in [2.45, 2.75) is 44.7 Å². The first-order valence-electron chi connectivity index (χ1n) is 8.42. The predicted octanol–water partition coefficient (Wildman–Crippen LogP) is 3.35. The van der Waals surface area contributed by atoms with Gasteiger partial charge in [-0.3, -0.25) is 4.79 Å². The molecular weight excluding hydrogens is 350 g/mol. The lowest BCUT2D eigenvalue weighted by molar-refractivity contribution is -0.127. The van der Waals surface area contributed by atoms with Gasteiger partial charge in [0.15, 0.2) is 15.9 Å². The van der Waals surface area contributed by atoms with Crippen LogP contribution < -0.4 is 10.1 Å². The third-order valence-corrected chi connectivity index (χ3v) is 5.46. The fourth-order valence-electron chi connectivity index (χ4n) is 2.46. The third-order valence-electron chi connectivity index (χ3n) is 4.33. The van der Waals surface area contributed by atoms with Gasteiger partial charge in [-0.25, -0.2) is 8.42 Å². The lowest BCUT2D eigenvalue weighted by Crippen LogP contribution is -2.37. The maximum atomic E-state index is 12.4. The number of carbonyl (C=O) groups is 1. The Labute approximate surface area is 155 Å². The lowest BCUT2D eigenvalue weighted by atomic mass is 10.1. The molecule has 0 saturated carbocycles. The molecule has 0 aromatic heterocycles. The number of nitrogens with one attached hydrogen (secondary N) is 1. The number of sulfone groups is 1. The smallest absolute Gasteiger partial charge is 0.261 e. The molecule has 5 nitrogen and oxygen atoms in total. The van der Waals surface area contributed by atoms with E-state index in [1.54, 1.807) is 31.2 Å². The van der Waals surface area contributed by atoms with Crippen LogP contribution in [-0.4, -0.2) is 26.7 Å². The molecular formula is C20H25NO4S. The second-order valence-electron chi connectivity index (χ2n) is 6.58. The van der Waals surface area contributed by atoms with Crippen molar-refractivity contribution < 1.29 is 17.9 Å². The van der Waals surface area contributed by atoms with Crippen LogP contribution in [0.4, 0.5) is 0 Å². The lowest BCUT2D eigenvalue weighted by Gasteiger charge is -2.19. The second-order valence-corrected chi connectivity index (χ2v) is 8.59. The Morgan fingerprint density at radius 3 is 2.15 bits per heavy atom. The van der Waals surface area contributed by atoms with Crippen molar-refractivity contribution in [3.8, 4) is 5.75 Å². The first-order valence-corrected chi connectivity index (χ1v) is 10.3. The third kappa shape index (κ3) is 5.08. The first-order chi connectivity index (χ1) is 12.1. The zero-order valence-corrected chi connectivity index (χ0v) is 16.6. The summed E-state index contributed by atoms with van der Waals surface area (Å²) in [6.07, 6.45) is 0.522. The van der Waals surface area contributed by atoms with Gasteiger partial charge in [-0.05, 0) is 68.7 Å². The van der Waals surface area contributed by atoms with E-state index in [9.17, 15) is 13.2 Å². The highest BCUT2D eigenvalue weighted by atomic mass is 32.2. The molecule has 26 heavy (non-hydrogen) atoms. The molecule has 0 unspecified atom stereocenters. The van der Waals surface area contributed by atoms with Crippen LogP contribution in [0.1, 0.15) is 36.6 Å². The van der Waals surface area contributed by atoms with Crippen molar-refractivity contribution in [2.24, 2.45) is 0 Å². The molecule has 0 fully saturated rings. The van der Waals surface area contributed by atoms with Crippen LogP contribution in [0, 0.1) is 13.8 Å². The van der Waals surface area contributed by atoms with E-state index in [0.29, 0.717) is 5.75 Å². The van der Waals surface area contributed by atoms with E-state index < -0.39 is 15.9 Å². The van der Waals surface area contributed by atoms with Crippen LogP contribution in [0.25, 0.3) is 0 Å². The minimum Gasteiger partial charge on any atom is -0.481 e. The molecule has 2 atom stereocenters. The fourth-order valence-corrected chi connectivity index (χ4v) is 3.09. The minimum atomic E-state index is -3.23. The Balaban J connectivity index is 2.00. The number of benzene rings is 2. The van der Waals surface area contributed by atoms with Crippen molar-refractivity contribution in [2.75, 3.05) is 6.26 Å². The summed E-state index contributed by atoms with van der Waals surface area (Å²) < 4.78 is 28.7. The van der Waals surface area contributed by atoms with E-state index in [1.165, 1.54) is 11.8 Å². The maximum Gasteiger partial charge on any atom is 0.261 e. The van der Waals surface area contributed by atoms with E-state index in [0.717, 1.165) is 11.1 Å². The van der Waals surface area contributed by atoms with Crippen LogP contribution in [0.3, 0.4) is 0 Å². The zero-order valence-electron chi connectivity index (χ0n) is 15.7. The van der Waals surface area contributed by atoms with Gasteiger partial charge < -0.3 is 10.1 Å². The largest absolute Gasteiger partial charge is 0.481 e. The number of carbonyl (C=O) groups excluding carboxylic acids is 1. The van der Waals surface area contributed by atoms with Gasteiger partial charge in [0, 0.05) is 6.26 Å². The van der Waals surface area contributed by atoms with Crippen molar-refractivity contribution in [3.05, 3.63) is 59.2 Å². The van der Waals surface area contributed by atoms with Crippen molar-refractivity contribution in [1.82, 2.24) is 5.32 Å². The number of ether oxygens (including phenoxy) is 1. The summed E-state index contributed by atoms with van der Waals surface area (Å²) in [7, 11) is -3.23. The maximum absolute atomic E-state index is 12.4.